The first-order chi connectivity index (χ1) is 12.0. The van der Waals surface area contributed by atoms with E-state index >= 15 is 0 Å². The van der Waals surface area contributed by atoms with Crippen LogP contribution in [0.5, 0.6) is 0 Å². The van der Waals surface area contributed by atoms with Crippen molar-refractivity contribution in [1.29, 1.82) is 0 Å². The van der Waals surface area contributed by atoms with Crippen molar-refractivity contribution in [3.8, 4) is 0 Å². The van der Waals surface area contributed by atoms with Crippen LogP contribution in [0.25, 0.3) is 0 Å². The number of carbonyl (C=O) groups is 2. The van der Waals surface area contributed by atoms with Crippen LogP contribution in [0.15, 0.2) is 30.7 Å². The van der Waals surface area contributed by atoms with Crippen molar-refractivity contribution in [2.24, 2.45) is 5.73 Å². The molecule has 0 spiro atoms. The molecule has 1 aliphatic heterocycles. The molecule has 0 bridgehead atoms. The number of benzene rings is 1. The number of amides is 2. The third kappa shape index (κ3) is 5.69. The van der Waals surface area contributed by atoms with Gasteiger partial charge in [-0.2, -0.15) is 0 Å². The van der Waals surface area contributed by atoms with Gasteiger partial charge in [0.15, 0.2) is 0 Å². The van der Waals surface area contributed by atoms with Crippen molar-refractivity contribution in [3.63, 3.8) is 0 Å². The Kier molecular flexibility index (Phi) is 8.75. The normalized spacial score (nSPS) is 14.1. The van der Waals surface area contributed by atoms with Gasteiger partial charge in [-0.05, 0) is 43.5 Å². The molecule has 9 heteroatoms. The molecule has 0 aliphatic carbocycles. The monoisotopic (exact) mass is 413 g/mol. The summed E-state index contributed by atoms with van der Waals surface area (Å²) < 4.78 is 0. The number of nitrogens with zero attached hydrogens (tertiary/aromatic N) is 2. The molecular weight excluding hydrogens is 389 g/mol. The highest BCUT2D eigenvalue weighted by Crippen LogP contribution is 2.20. The van der Waals surface area contributed by atoms with Crippen LogP contribution in [0.1, 0.15) is 34.5 Å². The number of halogens is 2. The molecule has 0 saturated carbocycles. The molecule has 2 heterocycles. The maximum Gasteiger partial charge on any atom is 0.253 e. The lowest BCUT2D eigenvalue weighted by Crippen LogP contribution is -2.37. The van der Waals surface area contributed by atoms with Gasteiger partial charge in [-0.25, -0.2) is 4.98 Å². The van der Waals surface area contributed by atoms with E-state index < -0.39 is 6.04 Å². The van der Waals surface area contributed by atoms with Gasteiger partial charge in [-0.1, -0.05) is 0 Å². The maximum absolute atomic E-state index is 12.4. The first-order valence-electron chi connectivity index (χ1n) is 8.48. The highest BCUT2D eigenvalue weighted by Gasteiger charge is 2.20. The number of aromatic nitrogens is 2. The minimum Gasteiger partial charge on any atom is -0.348 e. The summed E-state index contributed by atoms with van der Waals surface area (Å²) in [5, 5.41) is 2.83. The second-order valence-electron chi connectivity index (χ2n) is 6.41. The lowest BCUT2D eigenvalue weighted by molar-refractivity contribution is -0.117. The lowest BCUT2D eigenvalue weighted by Gasteiger charge is -2.17. The molecule has 1 atom stereocenters. The zero-order valence-corrected chi connectivity index (χ0v) is 16.7. The zero-order valence-electron chi connectivity index (χ0n) is 15.1. The van der Waals surface area contributed by atoms with Gasteiger partial charge in [0.25, 0.3) is 5.91 Å². The third-order valence-electron chi connectivity index (χ3n) is 4.46. The molecule has 1 aliphatic rings. The van der Waals surface area contributed by atoms with Gasteiger partial charge in [0.1, 0.15) is 0 Å². The predicted octanol–water partition coefficient (Wildman–Crippen LogP) is 2.31. The van der Waals surface area contributed by atoms with Crippen LogP contribution in [-0.4, -0.2) is 45.8 Å². The highest BCUT2D eigenvalue weighted by molar-refractivity contribution is 5.98. The van der Waals surface area contributed by atoms with E-state index in [2.05, 4.69) is 15.3 Å². The summed E-state index contributed by atoms with van der Waals surface area (Å²) in [5.74, 6) is -0.217. The van der Waals surface area contributed by atoms with E-state index in [-0.39, 0.29) is 36.6 Å². The van der Waals surface area contributed by atoms with Crippen LogP contribution in [0.4, 0.5) is 5.69 Å². The van der Waals surface area contributed by atoms with E-state index in [9.17, 15) is 9.59 Å². The van der Waals surface area contributed by atoms with Crippen molar-refractivity contribution < 1.29 is 9.59 Å². The number of aryl methyl sites for hydroxylation is 1. The second kappa shape index (κ2) is 10.3. The standard InChI is InChI=1S/C18H23N5O2.2ClH/c1-12-8-13(18(25)23-6-2-3-7-23)4-5-16(12)22-17(24)15(19)9-14-10-20-11-21-14;;/h4-5,8,10-11,15H,2-3,6-7,9,19H2,1H3,(H,20,21)(H,22,24);2*1H/t15-;;/m0../s1. The van der Waals surface area contributed by atoms with Gasteiger partial charge in [0.05, 0.1) is 12.4 Å². The number of nitrogens with two attached hydrogens (primary N) is 1. The zero-order chi connectivity index (χ0) is 17.8. The molecule has 0 radical (unpaired) electrons. The molecule has 2 aromatic rings. The summed E-state index contributed by atoms with van der Waals surface area (Å²) >= 11 is 0. The van der Waals surface area contributed by atoms with Crippen molar-refractivity contribution in [2.45, 2.75) is 32.2 Å². The molecule has 0 unspecified atom stereocenters. The Morgan fingerprint density at radius 1 is 1.30 bits per heavy atom. The molecular formula is C18H25Cl2N5O2. The van der Waals surface area contributed by atoms with Gasteiger partial charge >= 0.3 is 0 Å². The first kappa shape index (κ1) is 23.0. The Morgan fingerprint density at radius 3 is 2.59 bits per heavy atom. The Balaban J connectivity index is 0.00000182. The molecule has 2 amide bonds. The summed E-state index contributed by atoms with van der Waals surface area (Å²) in [4.78, 5) is 33.4. The minimum atomic E-state index is -0.675. The molecule has 1 fully saturated rings. The topological polar surface area (TPSA) is 104 Å². The average Bonchev–Trinajstić information content (AvgIpc) is 3.29. The molecule has 1 aromatic carbocycles. The molecule has 1 saturated heterocycles. The number of H-pyrrole nitrogens is 1. The largest absolute Gasteiger partial charge is 0.348 e. The van der Waals surface area contributed by atoms with Gasteiger partial charge in [0.2, 0.25) is 5.91 Å². The quantitative estimate of drug-likeness (QED) is 0.699. The van der Waals surface area contributed by atoms with Crippen LogP contribution in [0.3, 0.4) is 0 Å². The predicted molar refractivity (Wildman–Crippen MR) is 110 cm³/mol. The minimum absolute atomic E-state index is 0. The number of imidazole rings is 1. The fraction of sp³-hybridized carbons (Fsp3) is 0.389. The van der Waals surface area contributed by atoms with Crippen molar-refractivity contribution in [2.75, 3.05) is 18.4 Å². The molecule has 148 valence electrons. The van der Waals surface area contributed by atoms with Gasteiger partial charge in [0, 0.05) is 42.7 Å². The molecule has 27 heavy (non-hydrogen) atoms. The summed E-state index contributed by atoms with van der Waals surface area (Å²) in [6, 6.07) is 4.66. The van der Waals surface area contributed by atoms with Crippen LogP contribution in [0, 0.1) is 6.92 Å². The summed E-state index contributed by atoms with van der Waals surface area (Å²) in [6.45, 7) is 3.51. The van der Waals surface area contributed by atoms with Gasteiger partial charge in [-0.15, -0.1) is 24.8 Å². The molecule has 1 aromatic heterocycles. The summed E-state index contributed by atoms with van der Waals surface area (Å²) in [5.41, 5.74) is 8.92. The third-order valence-corrected chi connectivity index (χ3v) is 4.46. The van der Waals surface area contributed by atoms with Crippen LogP contribution in [0.2, 0.25) is 0 Å². The maximum atomic E-state index is 12.4. The number of nitrogens with one attached hydrogen (secondary N) is 2. The number of anilines is 1. The van der Waals surface area contributed by atoms with Crippen LogP contribution >= 0.6 is 24.8 Å². The van der Waals surface area contributed by atoms with Crippen molar-refractivity contribution >= 4 is 42.3 Å². The summed E-state index contributed by atoms with van der Waals surface area (Å²) in [6.07, 6.45) is 5.72. The van der Waals surface area contributed by atoms with E-state index in [4.69, 9.17) is 5.73 Å². The van der Waals surface area contributed by atoms with Gasteiger partial charge < -0.3 is 20.9 Å². The van der Waals surface area contributed by atoms with Crippen molar-refractivity contribution in [1.82, 2.24) is 14.9 Å². The number of aromatic amines is 1. The van der Waals surface area contributed by atoms with Crippen LogP contribution < -0.4 is 11.1 Å². The van der Waals surface area contributed by atoms with E-state index in [1.165, 1.54) is 0 Å². The fourth-order valence-electron chi connectivity index (χ4n) is 2.99. The Bertz CT molecular complexity index is 761. The van der Waals surface area contributed by atoms with Crippen LogP contribution in [-0.2, 0) is 11.2 Å². The first-order valence-corrected chi connectivity index (χ1v) is 8.48. The Hall–Kier alpha value is -2.09. The Labute approximate surface area is 170 Å². The SMILES string of the molecule is Cc1cc(C(=O)N2CCCC2)ccc1NC(=O)[C@@H](N)Cc1cnc[nH]1.Cl.Cl. The number of likely N-dealkylation sites (tertiary alicyclic amines) is 1. The summed E-state index contributed by atoms with van der Waals surface area (Å²) in [7, 11) is 0. The van der Waals surface area contributed by atoms with E-state index in [1.807, 2.05) is 17.9 Å². The van der Waals surface area contributed by atoms with E-state index in [0.29, 0.717) is 17.7 Å². The lowest BCUT2D eigenvalue weighted by atomic mass is 10.1. The smallest absolute Gasteiger partial charge is 0.253 e. The number of rotatable bonds is 5. The average molecular weight is 414 g/mol. The number of hydrogen-bond donors (Lipinski definition) is 3. The number of carbonyl (C=O) groups excluding carboxylic acids is 2. The van der Waals surface area contributed by atoms with E-state index in [1.54, 1.807) is 24.7 Å². The van der Waals surface area contributed by atoms with Gasteiger partial charge in [-0.3, -0.25) is 9.59 Å². The molecule has 4 N–H and O–H groups in total. The van der Waals surface area contributed by atoms with E-state index in [0.717, 1.165) is 37.2 Å². The van der Waals surface area contributed by atoms with Crippen molar-refractivity contribution in [3.05, 3.63) is 47.5 Å². The fourth-order valence-corrected chi connectivity index (χ4v) is 2.99. The highest BCUT2D eigenvalue weighted by atomic mass is 35.5. The number of hydrogen-bond acceptors (Lipinski definition) is 4. The molecule has 7 nitrogen and oxygen atoms in total. The molecule has 3 rings (SSSR count). The Morgan fingerprint density at radius 2 is 2.00 bits per heavy atom. The second-order valence-corrected chi connectivity index (χ2v) is 6.41.